The molecule has 0 amide bonds. The summed E-state index contributed by atoms with van der Waals surface area (Å²) in [5.41, 5.74) is -0.652. The molecule has 0 fully saturated rings. The van der Waals surface area contributed by atoms with E-state index in [9.17, 15) is 13.2 Å². The van der Waals surface area contributed by atoms with Gasteiger partial charge in [0, 0.05) is 18.1 Å². The quantitative estimate of drug-likeness (QED) is 0.458. The van der Waals surface area contributed by atoms with Gasteiger partial charge in [-0.25, -0.2) is 8.42 Å². The minimum atomic E-state index is -2.86. The Morgan fingerprint density at radius 3 is 2.38 bits per heavy atom. The van der Waals surface area contributed by atoms with Crippen LogP contribution in [0.3, 0.4) is 0 Å². The van der Waals surface area contributed by atoms with Gasteiger partial charge >= 0.3 is 5.97 Å². The van der Waals surface area contributed by atoms with Crippen molar-refractivity contribution in [2.24, 2.45) is 0 Å². The predicted octanol–water partition coefficient (Wildman–Crippen LogP) is 1.86. The zero-order valence-electron chi connectivity index (χ0n) is 13.8. The fraction of sp³-hybridized carbons (Fsp3) is 0.929. The molecular weight excluding hydrogens is 310 g/mol. The fourth-order valence-electron chi connectivity index (χ4n) is 2.09. The van der Waals surface area contributed by atoms with Crippen LogP contribution in [0.2, 0.25) is 0 Å². The van der Waals surface area contributed by atoms with Gasteiger partial charge in [-0.05, 0) is 39.4 Å². The van der Waals surface area contributed by atoms with Gasteiger partial charge in [0.15, 0.2) is 0 Å². The summed E-state index contributed by atoms with van der Waals surface area (Å²) in [5.74, 6) is 1.54. The maximum absolute atomic E-state index is 11.9. The third-order valence-electron chi connectivity index (χ3n) is 3.06. The highest BCUT2D eigenvalue weighted by Gasteiger charge is 2.33. The molecule has 0 aliphatic heterocycles. The van der Waals surface area contributed by atoms with E-state index in [2.05, 4.69) is 5.32 Å². The number of ether oxygens (including phenoxy) is 1. The van der Waals surface area contributed by atoms with Crippen molar-refractivity contribution in [2.45, 2.75) is 51.6 Å². The standard InChI is InChI=1S/C14H29NO4S2/c1-12(2)15-14(3,13(16)19-4)8-6-7-9-20-10-11-21(5,17)18/h12,15H,6-11H2,1-5H3. The molecule has 0 aliphatic rings. The number of sulfone groups is 1. The number of methoxy groups -OCH3 is 1. The van der Waals surface area contributed by atoms with Crippen molar-refractivity contribution in [3.05, 3.63) is 0 Å². The Bertz CT molecular complexity index is 409. The van der Waals surface area contributed by atoms with Gasteiger partial charge in [0.05, 0.1) is 12.9 Å². The molecule has 126 valence electrons. The van der Waals surface area contributed by atoms with Crippen molar-refractivity contribution in [1.82, 2.24) is 5.32 Å². The van der Waals surface area contributed by atoms with Gasteiger partial charge in [0.2, 0.25) is 0 Å². The first-order chi connectivity index (χ1) is 9.60. The van der Waals surface area contributed by atoms with E-state index in [1.165, 1.54) is 13.4 Å². The SMILES string of the molecule is COC(=O)C(C)(CCCCSCCS(C)(=O)=O)NC(C)C. The van der Waals surface area contributed by atoms with Crippen LogP contribution in [0.5, 0.6) is 0 Å². The molecule has 21 heavy (non-hydrogen) atoms. The Hall–Kier alpha value is -0.270. The van der Waals surface area contributed by atoms with Crippen molar-refractivity contribution in [2.75, 3.05) is 30.6 Å². The number of rotatable bonds is 11. The molecule has 7 heteroatoms. The van der Waals surface area contributed by atoms with Crippen LogP contribution in [0.25, 0.3) is 0 Å². The molecule has 0 aromatic rings. The molecule has 1 unspecified atom stereocenters. The number of unbranched alkanes of at least 4 members (excludes halogenated alkanes) is 1. The lowest BCUT2D eigenvalue weighted by Crippen LogP contribution is -2.52. The molecule has 1 atom stereocenters. The van der Waals surface area contributed by atoms with E-state index >= 15 is 0 Å². The molecule has 5 nitrogen and oxygen atoms in total. The monoisotopic (exact) mass is 339 g/mol. The highest BCUT2D eigenvalue weighted by molar-refractivity contribution is 8.00. The lowest BCUT2D eigenvalue weighted by atomic mass is 9.94. The Labute approximate surface area is 133 Å². The van der Waals surface area contributed by atoms with Gasteiger partial charge in [-0.2, -0.15) is 11.8 Å². The van der Waals surface area contributed by atoms with Crippen LogP contribution in [0.1, 0.15) is 40.0 Å². The average Bonchev–Trinajstić information content (AvgIpc) is 2.34. The number of hydrogen-bond donors (Lipinski definition) is 1. The summed E-state index contributed by atoms with van der Waals surface area (Å²) in [6, 6.07) is 0.207. The van der Waals surface area contributed by atoms with Gasteiger partial charge in [0.1, 0.15) is 15.4 Å². The zero-order chi connectivity index (χ0) is 16.5. The van der Waals surface area contributed by atoms with E-state index in [1.54, 1.807) is 11.8 Å². The van der Waals surface area contributed by atoms with Crippen molar-refractivity contribution >= 4 is 27.6 Å². The van der Waals surface area contributed by atoms with Crippen molar-refractivity contribution in [3.63, 3.8) is 0 Å². The van der Waals surface area contributed by atoms with Crippen LogP contribution >= 0.6 is 11.8 Å². The number of carbonyl (C=O) groups is 1. The van der Waals surface area contributed by atoms with Crippen LogP contribution in [0.15, 0.2) is 0 Å². The Morgan fingerprint density at radius 2 is 1.90 bits per heavy atom. The lowest BCUT2D eigenvalue weighted by Gasteiger charge is -2.30. The Balaban J connectivity index is 4.02. The molecule has 0 saturated carbocycles. The summed E-state index contributed by atoms with van der Waals surface area (Å²) >= 11 is 1.64. The Kier molecular flexibility index (Phi) is 9.56. The molecule has 0 heterocycles. The summed E-state index contributed by atoms with van der Waals surface area (Å²) in [4.78, 5) is 11.9. The molecule has 0 radical (unpaired) electrons. The molecule has 1 N–H and O–H groups in total. The van der Waals surface area contributed by atoms with E-state index in [0.717, 1.165) is 18.6 Å². The van der Waals surface area contributed by atoms with Crippen molar-refractivity contribution < 1.29 is 17.9 Å². The van der Waals surface area contributed by atoms with E-state index in [4.69, 9.17) is 4.74 Å². The van der Waals surface area contributed by atoms with Crippen LogP contribution < -0.4 is 5.32 Å². The molecule has 0 bridgehead atoms. The van der Waals surface area contributed by atoms with Gasteiger partial charge in [-0.3, -0.25) is 10.1 Å². The average molecular weight is 340 g/mol. The molecule has 0 aromatic carbocycles. The zero-order valence-corrected chi connectivity index (χ0v) is 15.4. The van der Waals surface area contributed by atoms with E-state index < -0.39 is 15.4 Å². The summed E-state index contributed by atoms with van der Waals surface area (Å²) in [7, 11) is -1.45. The van der Waals surface area contributed by atoms with E-state index in [1.807, 2.05) is 20.8 Å². The first kappa shape index (κ1) is 20.7. The highest BCUT2D eigenvalue weighted by Crippen LogP contribution is 2.18. The summed E-state index contributed by atoms with van der Waals surface area (Å²) in [6.45, 7) is 5.88. The lowest BCUT2D eigenvalue weighted by molar-refractivity contribution is -0.148. The smallest absolute Gasteiger partial charge is 0.325 e. The van der Waals surface area contributed by atoms with E-state index in [-0.39, 0.29) is 17.8 Å². The Morgan fingerprint density at radius 1 is 1.29 bits per heavy atom. The molecule has 0 saturated heterocycles. The number of thioether (sulfide) groups is 1. The summed E-state index contributed by atoms with van der Waals surface area (Å²) < 4.78 is 26.9. The number of nitrogens with one attached hydrogen (secondary N) is 1. The third kappa shape index (κ3) is 10.1. The van der Waals surface area contributed by atoms with Crippen molar-refractivity contribution in [3.8, 4) is 0 Å². The number of carbonyl (C=O) groups excluding carboxylic acids is 1. The molecular formula is C14H29NO4S2. The van der Waals surface area contributed by atoms with Crippen LogP contribution in [-0.2, 0) is 19.4 Å². The number of hydrogen-bond acceptors (Lipinski definition) is 6. The van der Waals surface area contributed by atoms with Gasteiger partial charge in [-0.1, -0.05) is 6.42 Å². The third-order valence-corrected chi connectivity index (χ3v) is 5.33. The van der Waals surface area contributed by atoms with Crippen LogP contribution in [0.4, 0.5) is 0 Å². The minimum Gasteiger partial charge on any atom is -0.468 e. The second-order valence-electron chi connectivity index (χ2n) is 5.82. The highest BCUT2D eigenvalue weighted by atomic mass is 32.2. The van der Waals surface area contributed by atoms with Gasteiger partial charge in [0.25, 0.3) is 0 Å². The van der Waals surface area contributed by atoms with Gasteiger partial charge in [-0.15, -0.1) is 0 Å². The van der Waals surface area contributed by atoms with E-state index in [0.29, 0.717) is 12.2 Å². The second-order valence-corrected chi connectivity index (χ2v) is 9.31. The topological polar surface area (TPSA) is 72.5 Å². The van der Waals surface area contributed by atoms with Gasteiger partial charge < -0.3 is 4.74 Å². The normalized spacial score (nSPS) is 15.0. The maximum Gasteiger partial charge on any atom is 0.325 e. The molecule has 0 spiro atoms. The molecule has 0 aliphatic carbocycles. The minimum absolute atomic E-state index is 0.207. The fourth-order valence-corrected chi connectivity index (χ4v) is 4.39. The largest absolute Gasteiger partial charge is 0.468 e. The summed E-state index contributed by atoms with van der Waals surface area (Å²) in [6.07, 6.45) is 3.83. The predicted molar refractivity (Wildman–Crippen MR) is 89.6 cm³/mol. The number of esters is 1. The van der Waals surface area contributed by atoms with Crippen LogP contribution in [-0.4, -0.2) is 56.6 Å². The van der Waals surface area contributed by atoms with Crippen LogP contribution in [0, 0.1) is 0 Å². The van der Waals surface area contributed by atoms with Crippen molar-refractivity contribution in [1.29, 1.82) is 0 Å². The second kappa shape index (κ2) is 9.69. The first-order valence-electron chi connectivity index (χ1n) is 7.22. The molecule has 0 aromatic heterocycles. The molecule has 0 rings (SSSR count). The first-order valence-corrected chi connectivity index (χ1v) is 10.4. The maximum atomic E-state index is 11.9. The summed E-state index contributed by atoms with van der Waals surface area (Å²) in [5, 5.41) is 3.27.